The molecule has 1 amide bonds. The molecule has 2 unspecified atom stereocenters. The zero-order valence-electron chi connectivity index (χ0n) is 15.0. The molecule has 5 heteroatoms. The molecular weight excluding hydrogens is 336 g/mol. The molecule has 0 saturated heterocycles. The predicted molar refractivity (Wildman–Crippen MR) is 104 cm³/mol. The third-order valence-electron chi connectivity index (χ3n) is 4.11. The lowest BCUT2D eigenvalue weighted by molar-refractivity contribution is -0.125. The molecule has 0 aliphatic heterocycles. The Balaban J connectivity index is 0.00000312. The molecule has 2 aromatic rings. The fourth-order valence-corrected chi connectivity index (χ4v) is 2.57. The smallest absolute Gasteiger partial charge is 0.225 e. The SMILES string of the molecule is CCOc1cc(C)ccc1CNC(=O)C(C)C(N)c1ccccc1.Cl. The molecule has 0 radical (unpaired) electrons. The van der Waals surface area contributed by atoms with Gasteiger partial charge in [0.25, 0.3) is 0 Å². The maximum absolute atomic E-state index is 12.4. The van der Waals surface area contributed by atoms with E-state index in [-0.39, 0.29) is 30.3 Å². The number of amides is 1. The normalized spacial score (nSPS) is 12.6. The molecule has 0 bridgehead atoms. The third kappa shape index (κ3) is 5.76. The summed E-state index contributed by atoms with van der Waals surface area (Å²) < 4.78 is 5.65. The van der Waals surface area contributed by atoms with Crippen LogP contribution in [0.15, 0.2) is 48.5 Å². The average molecular weight is 363 g/mol. The zero-order chi connectivity index (χ0) is 17.5. The van der Waals surface area contributed by atoms with Crippen molar-refractivity contribution in [2.75, 3.05) is 6.61 Å². The Labute approximate surface area is 156 Å². The van der Waals surface area contributed by atoms with Crippen LogP contribution < -0.4 is 15.8 Å². The fraction of sp³-hybridized carbons (Fsp3) is 0.350. The van der Waals surface area contributed by atoms with Crippen molar-refractivity contribution in [1.29, 1.82) is 0 Å². The van der Waals surface area contributed by atoms with Gasteiger partial charge in [0.15, 0.2) is 0 Å². The monoisotopic (exact) mass is 362 g/mol. The van der Waals surface area contributed by atoms with E-state index in [2.05, 4.69) is 5.32 Å². The first-order chi connectivity index (χ1) is 11.5. The molecule has 2 rings (SSSR count). The van der Waals surface area contributed by atoms with Crippen molar-refractivity contribution >= 4 is 18.3 Å². The summed E-state index contributed by atoms with van der Waals surface area (Å²) in [5.41, 5.74) is 9.28. The Morgan fingerprint density at radius 3 is 2.52 bits per heavy atom. The second kappa shape index (κ2) is 10.1. The van der Waals surface area contributed by atoms with Crippen molar-refractivity contribution in [1.82, 2.24) is 5.32 Å². The van der Waals surface area contributed by atoms with Crippen LogP contribution in [0.4, 0.5) is 0 Å². The first-order valence-corrected chi connectivity index (χ1v) is 8.33. The maximum Gasteiger partial charge on any atom is 0.225 e. The highest BCUT2D eigenvalue weighted by Crippen LogP contribution is 2.22. The molecule has 4 nitrogen and oxygen atoms in total. The van der Waals surface area contributed by atoms with Crippen molar-refractivity contribution in [2.24, 2.45) is 11.7 Å². The molecule has 0 aromatic heterocycles. The Morgan fingerprint density at radius 2 is 1.88 bits per heavy atom. The third-order valence-corrected chi connectivity index (χ3v) is 4.11. The second-order valence-electron chi connectivity index (χ2n) is 5.99. The number of carbonyl (C=O) groups is 1. The Bertz CT molecular complexity index is 677. The van der Waals surface area contributed by atoms with Gasteiger partial charge in [0.2, 0.25) is 5.91 Å². The van der Waals surface area contributed by atoms with Gasteiger partial charge in [0.05, 0.1) is 12.5 Å². The highest BCUT2D eigenvalue weighted by Gasteiger charge is 2.22. The number of benzene rings is 2. The first-order valence-electron chi connectivity index (χ1n) is 8.33. The van der Waals surface area contributed by atoms with Crippen LogP contribution in [0.25, 0.3) is 0 Å². The standard InChI is InChI=1S/C20H26N2O2.ClH/c1-4-24-18-12-14(2)10-11-17(18)13-22-20(23)15(3)19(21)16-8-6-5-7-9-16;/h5-12,15,19H,4,13,21H2,1-3H3,(H,22,23);1H. The van der Waals surface area contributed by atoms with E-state index in [1.165, 1.54) is 0 Å². The van der Waals surface area contributed by atoms with Gasteiger partial charge >= 0.3 is 0 Å². The quantitative estimate of drug-likeness (QED) is 0.788. The Hall–Kier alpha value is -2.04. The van der Waals surface area contributed by atoms with Crippen LogP contribution in [0.3, 0.4) is 0 Å². The second-order valence-corrected chi connectivity index (χ2v) is 5.99. The van der Waals surface area contributed by atoms with Gasteiger partial charge in [-0.15, -0.1) is 12.4 Å². The Kier molecular flexibility index (Phi) is 8.46. The molecule has 0 fully saturated rings. The number of aryl methyl sites for hydroxylation is 1. The number of rotatable bonds is 7. The minimum Gasteiger partial charge on any atom is -0.494 e. The molecule has 2 atom stereocenters. The van der Waals surface area contributed by atoms with Crippen LogP contribution in [-0.4, -0.2) is 12.5 Å². The molecule has 0 spiro atoms. The van der Waals surface area contributed by atoms with Crippen LogP contribution in [0, 0.1) is 12.8 Å². The summed E-state index contributed by atoms with van der Waals surface area (Å²) in [6, 6.07) is 15.4. The van der Waals surface area contributed by atoms with Crippen molar-refractivity contribution < 1.29 is 9.53 Å². The average Bonchev–Trinajstić information content (AvgIpc) is 2.60. The number of ether oxygens (including phenoxy) is 1. The number of nitrogens with two attached hydrogens (primary N) is 1. The summed E-state index contributed by atoms with van der Waals surface area (Å²) in [6.07, 6.45) is 0. The Morgan fingerprint density at radius 1 is 1.20 bits per heavy atom. The number of carbonyl (C=O) groups excluding carboxylic acids is 1. The van der Waals surface area contributed by atoms with E-state index < -0.39 is 0 Å². The summed E-state index contributed by atoms with van der Waals surface area (Å²) in [5, 5.41) is 2.97. The first kappa shape index (κ1) is 21.0. The lowest BCUT2D eigenvalue weighted by atomic mass is 9.94. The predicted octanol–water partition coefficient (Wildman–Crippen LogP) is 3.77. The van der Waals surface area contributed by atoms with Crippen LogP contribution in [-0.2, 0) is 11.3 Å². The summed E-state index contributed by atoms with van der Waals surface area (Å²) in [7, 11) is 0. The van der Waals surface area contributed by atoms with Gasteiger partial charge in [0, 0.05) is 18.2 Å². The van der Waals surface area contributed by atoms with Gasteiger partial charge in [-0.25, -0.2) is 0 Å². The lowest BCUT2D eigenvalue weighted by Crippen LogP contribution is -2.35. The lowest BCUT2D eigenvalue weighted by Gasteiger charge is -2.20. The summed E-state index contributed by atoms with van der Waals surface area (Å²) in [6.45, 7) is 6.85. The summed E-state index contributed by atoms with van der Waals surface area (Å²) >= 11 is 0. The van der Waals surface area contributed by atoms with Gasteiger partial charge in [-0.05, 0) is 31.0 Å². The number of hydrogen-bond acceptors (Lipinski definition) is 3. The van der Waals surface area contributed by atoms with E-state index in [4.69, 9.17) is 10.5 Å². The van der Waals surface area contributed by atoms with Crippen molar-refractivity contribution in [3.63, 3.8) is 0 Å². The molecule has 2 aromatic carbocycles. The van der Waals surface area contributed by atoms with Crippen LogP contribution in [0.5, 0.6) is 5.75 Å². The van der Waals surface area contributed by atoms with E-state index >= 15 is 0 Å². The van der Waals surface area contributed by atoms with Gasteiger partial charge in [-0.3, -0.25) is 4.79 Å². The van der Waals surface area contributed by atoms with E-state index in [1.54, 1.807) is 0 Å². The number of nitrogens with one attached hydrogen (secondary N) is 1. The highest BCUT2D eigenvalue weighted by atomic mass is 35.5. The molecule has 136 valence electrons. The number of halogens is 1. The topological polar surface area (TPSA) is 64.3 Å². The van der Waals surface area contributed by atoms with Crippen LogP contribution in [0.1, 0.15) is 36.6 Å². The molecule has 0 heterocycles. The fourth-order valence-electron chi connectivity index (χ4n) is 2.57. The van der Waals surface area contributed by atoms with Gasteiger partial charge in [-0.1, -0.05) is 49.4 Å². The molecule has 3 N–H and O–H groups in total. The van der Waals surface area contributed by atoms with Crippen LogP contribution in [0.2, 0.25) is 0 Å². The van der Waals surface area contributed by atoms with Gasteiger partial charge in [-0.2, -0.15) is 0 Å². The minimum atomic E-state index is -0.324. The van der Waals surface area contributed by atoms with Crippen molar-refractivity contribution in [3.8, 4) is 5.75 Å². The van der Waals surface area contributed by atoms with Crippen molar-refractivity contribution in [3.05, 3.63) is 65.2 Å². The largest absolute Gasteiger partial charge is 0.494 e. The maximum atomic E-state index is 12.4. The van der Waals surface area contributed by atoms with Gasteiger partial charge in [0.1, 0.15) is 5.75 Å². The molecule has 0 aliphatic rings. The molecule has 0 aliphatic carbocycles. The summed E-state index contributed by atoms with van der Waals surface area (Å²) in [4.78, 5) is 12.4. The minimum absolute atomic E-state index is 0. The van der Waals surface area contributed by atoms with E-state index in [0.29, 0.717) is 13.2 Å². The van der Waals surface area contributed by atoms with E-state index in [0.717, 1.165) is 22.4 Å². The van der Waals surface area contributed by atoms with E-state index in [9.17, 15) is 4.79 Å². The van der Waals surface area contributed by atoms with E-state index in [1.807, 2.05) is 69.3 Å². The van der Waals surface area contributed by atoms with Gasteiger partial charge < -0.3 is 15.8 Å². The highest BCUT2D eigenvalue weighted by molar-refractivity contribution is 5.85. The molecule has 0 saturated carbocycles. The van der Waals surface area contributed by atoms with Crippen LogP contribution >= 0.6 is 12.4 Å². The zero-order valence-corrected chi connectivity index (χ0v) is 15.8. The number of hydrogen-bond donors (Lipinski definition) is 2. The molecule has 25 heavy (non-hydrogen) atoms. The van der Waals surface area contributed by atoms with Crippen molar-refractivity contribution in [2.45, 2.75) is 33.4 Å². The summed E-state index contributed by atoms with van der Waals surface area (Å²) in [5.74, 6) is 0.445. The molecular formula is C20H27ClN2O2.